The Hall–Kier alpha value is -0.130. The maximum Gasteiger partial charge on any atom is 0.251 e. The lowest BCUT2D eigenvalue weighted by Gasteiger charge is -2.31. The van der Waals surface area contributed by atoms with Crippen LogP contribution >= 0.6 is 15.9 Å². The molecular formula is C6H10BrN3O. The van der Waals surface area contributed by atoms with Gasteiger partial charge in [0.25, 0.3) is 5.91 Å². The minimum atomic E-state index is 0.0839. The highest BCUT2D eigenvalue weighted by molar-refractivity contribution is 9.09. The molecule has 2 N–H and O–H groups in total. The minimum Gasteiger partial charge on any atom is -0.289 e. The molecule has 0 bridgehead atoms. The molecule has 4 nitrogen and oxygen atoms in total. The van der Waals surface area contributed by atoms with E-state index in [-0.39, 0.29) is 11.9 Å². The quantitative estimate of drug-likeness (QED) is 0.437. The van der Waals surface area contributed by atoms with Gasteiger partial charge in [-0.3, -0.25) is 15.1 Å². The van der Waals surface area contributed by atoms with E-state index >= 15 is 0 Å². The molecule has 0 saturated carbocycles. The van der Waals surface area contributed by atoms with Gasteiger partial charge >= 0.3 is 0 Å². The molecule has 0 aromatic heterocycles. The van der Waals surface area contributed by atoms with Crippen LogP contribution in [-0.4, -0.2) is 28.5 Å². The van der Waals surface area contributed by atoms with Crippen molar-refractivity contribution in [3.63, 3.8) is 0 Å². The number of hydrogen-bond acceptors (Lipinski definition) is 3. The fourth-order valence-electron chi connectivity index (χ4n) is 1.61. The summed E-state index contributed by atoms with van der Waals surface area (Å²) < 4.78 is 0. The molecule has 2 aliphatic rings. The first-order chi connectivity index (χ1) is 5.29. The van der Waals surface area contributed by atoms with Gasteiger partial charge < -0.3 is 0 Å². The first-order valence-electron chi connectivity index (χ1n) is 3.71. The Morgan fingerprint density at radius 1 is 1.55 bits per heavy atom. The number of alkyl halides is 1. The van der Waals surface area contributed by atoms with Crippen molar-refractivity contribution >= 4 is 21.8 Å². The van der Waals surface area contributed by atoms with Crippen molar-refractivity contribution in [2.45, 2.75) is 23.8 Å². The van der Waals surface area contributed by atoms with Crippen LogP contribution in [0.15, 0.2) is 0 Å². The Kier molecular flexibility index (Phi) is 1.86. The third-order valence-electron chi connectivity index (χ3n) is 2.21. The molecule has 2 saturated heterocycles. The Bertz CT molecular complexity index is 187. The number of carbonyl (C=O) groups excluding carboxylic acids is 1. The van der Waals surface area contributed by atoms with Gasteiger partial charge in [0, 0.05) is 0 Å². The van der Waals surface area contributed by atoms with E-state index in [0.29, 0.717) is 4.95 Å². The van der Waals surface area contributed by atoms with E-state index in [2.05, 4.69) is 31.7 Å². The number of hydrogen-bond donors (Lipinski definition) is 2. The molecule has 0 radical (unpaired) electrons. The van der Waals surface area contributed by atoms with E-state index in [4.69, 9.17) is 0 Å². The molecular weight excluding hydrogens is 210 g/mol. The van der Waals surface area contributed by atoms with E-state index < -0.39 is 0 Å². The van der Waals surface area contributed by atoms with Gasteiger partial charge in [-0.25, -0.2) is 5.43 Å². The molecule has 2 fully saturated rings. The van der Waals surface area contributed by atoms with Crippen LogP contribution in [0.2, 0.25) is 0 Å². The van der Waals surface area contributed by atoms with Crippen molar-refractivity contribution in [1.82, 2.24) is 15.8 Å². The molecule has 0 aliphatic carbocycles. The Morgan fingerprint density at radius 3 is 3.09 bits per heavy atom. The highest BCUT2D eigenvalue weighted by atomic mass is 79.9. The smallest absolute Gasteiger partial charge is 0.251 e. The number of rotatable bonds is 0. The number of nitrogens with one attached hydrogen (secondary N) is 2. The second-order valence-electron chi connectivity index (χ2n) is 2.87. The van der Waals surface area contributed by atoms with Crippen LogP contribution in [-0.2, 0) is 4.79 Å². The summed E-state index contributed by atoms with van der Waals surface area (Å²) in [5, 5.41) is 0. The normalized spacial score (nSPS) is 38.5. The van der Waals surface area contributed by atoms with Crippen molar-refractivity contribution < 1.29 is 4.79 Å². The van der Waals surface area contributed by atoms with E-state index in [9.17, 15) is 4.79 Å². The van der Waals surface area contributed by atoms with E-state index in [1.807, 2.05) is 0 Å². The van der Waals surface area contributed by atoms with Crippen LogP contribution < -0.4 is 10.9 Å². The van der Waals surface area contributed by atoms with Crippen LogP contribution in [0.5, 0.6) is 0 Å². The second kappa shape index (κ2) is 2.73. The lowest BCUT2D eigenvalue weighted by Crippen LogP contribution is -2.59. The Morgan fingerprint density at radius 2 is 2.36 bits per heavy atom. The van der Waals surface area contributed by atoms with E-state index in [1.54, 1.807) is 0 Å². The van der Waals surface area contributed by atoms with Crippen LogP contribution in [0.1, 0.15) is 12.8 Å². The van der Waals surface area contributed by atoms with Crippen LogP contribution in [0.4, 0.5) is 0 Å². The zero-order chi connectivity index (χ0) is 7.84. The fourth-order valence-corrected chi connectivity index (χ4v) is 2.31. The lowest BCUT2D eigenvalue weighted by molar-refractivity contribution is -0.130. The van der Waals surface area contributed by atoms with E-state index in [0.717, 1.165) is 19.5 Å². The predicted molar refractivity (Wildman–Crippen MR) is 43.7 cm³/mol. The summed E-state index contributed by atoms with van der Waals surface area (Å²) in [5.74, 6) is 0.0956. The molecule has 1 amide bonds. The fraction of sp³-hybridized carbons (Fsp3) is 0.833. The first kappa shape index (κ1) is 7.52. The molecule has 0 spiro atoms. The summed E-state index contributed by atoms with van der Waals surface area (Å²) >= 11 is 3.51. The summed E-state index contributed by atoms with van der Waals surface area (Å²) in [6, 6.07) is 0.0839. The zero-order valence-electron chi connectivity index (χ0n) is 6.01. The zero-order valence-corrected chi connectivity index (χ0v) is 7.60. The van der Waals surface area contributed by atoms with Crippen LogP contribution in [0.25, 0.3) is 0 Å². The third kappa shape index (κ3) is 1.17. The summed E-state index contributed by atoms with van der Waals surface area (Å²) in [7, 11) is 0. The summed E-state index contributed by atoms with van der Waals surface area (Å²) in [5.41, 5.74) is 5.46. The molecule has 5 heteroatoms. The van der Waals surface area contributed by atoms with Gasteiger partial charge in [-0.1, -0.05) is 15.9 Å². The van der Waals surface area contributed by atoms with Crippen molar-refractivity contribution in [3.05, 3.63) is 0 Å². The first-order valence-corrected chi connectivity index (χ1v) is 4.63. The number of fused-ring (bicyclic) bond motifs is 1. The Labute approximate surface area is 73.4 Å². The number of amides is 1. The lowest BCUT2D eigenvalue weighted by atomic mass is 10.2. The average Bonchev–Trinajstić information content (AvgIpc) is 2.35. The van der Waals surface area contributed by atoms with Crippen molar-refractivity contribution in [1.29, 1.82) is 0 Å². The summed E-state index contributed by atoms with van der Waals surface area (Å²) in [4.78, 5) is 13.7. The largest absolute Gasteiger partial charge is 0.289 e. The molecule has 2 rings (SSSR count). The minimum absolute atomic E-state index is 0.0839. The maximum absolute atomic E-state index is 11.2. The summed E-state index contributed by atoms with van der Waals surface area (Å²) in [6.45, 7) is 0.742. The third-order valence-corrected chi connectivity index (χ3v) is 3.20. The van der Waals surface area contributed by atoms with Gasteiger partial charge in [0.05, 0.1) is 17.7 Å². The maximum atomic E-state index is 11.2. The summed E-state index contributed by atoms with van der Waals surface area (Å²) in [6.07, 6.45) is 2.02. The highest BCUT2D eigenvalue weighted by Crippen LogP contribution is 2.28. The molecule has 2 unspecified atom stereocenters. The molecule has 2 atom stereocenters. The monoisotopic (exact) mass is 219 g/mol. The second-order valence-corrected chi connectivity index (χ2v) is 3.92. The molecule has 11 heavy (non-hydrogen) atoms. The van der Waals surface area contributed by atoms with E-state index in [1.165, 1.54) is 0 Å². The number of hydrazine groups is 1. The number of nitrogens with zero attached hydrogens (tertiary/aromatic N) is 1. The highest BCUT2D eigenvalue weighted by Gasteiger charge is 2.38. The van der Waals surface area contributed by atoms with Gasteiger partial charge in [0.15, 0.2) is 0 Å². The molecule has 0 aromatic carbocycles. The number of halogens is 1. The van der Waals surface area contributed by atoms with Gasteiger partial charge in [0.1, 0.15) is 0 Å². The van der Waals surface area contributed by atoms with Gasteiger partial charge in [-0.2, -0.15) is 0 Å². The molecule has 0 aromatic rings. The molecule has 2 heterocycles. The average molecular weight is 220 g/mol. The van der Waals surface area contributed by atoms with Crippen LogP contribution in [0, 0.1) is 0 Å². The predicted octanol–water partition coefficient (Wildman–Crippen LogP) is -0.236. The van der Waals surface area contributed by atoms with Crippen LogP contribution in [0.3, 0.4) is 0 Å². The van der Waals surface area contributed by atoms with Crippen molar-refractivity contribution in [3.8, 4) is 0 Å². The SMILES string of the molecule is O=C1NNCN2C(Br)CCC12. The topological polar surface area (TPSA) is 44.4 Å². The molecule has 62 valence electrons. The van der Waals surface area contributed by atoms with Gasteiger partial charge in [-0.15, -0.1) is 0 Å². The molecule has 2 aliphatic heterocycles. The van der Waals surface area contributed by atoms with Crippen molar-refractivity contribution in [2.24, 2.45) is 0 Å². The number of carbonyl (C=O) groups is 1. The van der Waals surface area contributed by atoms with Crippen molar-refractivity contribution in [2.75, 3.05) is 6.67 Å². The van der Waals surface area contributed by atoms with Gasteiger partial charge in [0.2, 0.25) is 0 Å². The van der Waals surface area contributed by atoms with Gasteiger partial charge in [-0.05, 0) is 12.8 Å². The Balaban J connectivity index is 2.13. The standard InChI is InChI=1S/C6H10BrN3O/c7-5-2-1-4-6(11)9-8-3-10(4)5/h4-5,8H,1-3H2,(H,9,11).